The molecule has 4 N–H and O–H groups in total. The van der Waals surface area contributed by atoms with E-state index in [0.29, 0.717) is 31.1 Å². The Hall–Kier alpha value is -1.70. The Bertz CT molecular complexity index is 447. The minimum Gasteiger partial charge on any atom is -0.394 e. The van der Waals surface area contributed by atoms with Gasteiger partial charge in [0.2, 0.25) is 0 Å². The van der Waals surface area contributed by atoms with Gasteiger partial charge in [-0.3, -0.25) is 15.6 Å². The minimum absolute atomic E-state index is 0.0297. The van der Waals surface area contributed by atoms with Gasteiger partial charge in [-0.15, -0.1) is 0 Å². The van der Waals surface area contributed by atoms with Crippen molar-refractivity contribution in [3.8, 4) is 0 Å². The van der Waals surface area contributed by atoms with Crippen LogP contribution in [0.3, 0.4) is 0 Å². The summed E-state index contributed by atoms with van der Waals surface area (Å²) in [5.41, 5.74) is 3.54. The van der Waals surface area contributed by atoms with Crippen LogP contribution in [0.2, 0.25) is 0 Å². The van der Waals surface area contributed by atoms with Gasteiger partial charge in [0.15, 0.2) is 0 Å². The smallest absolute Gasteiger partial charge is 0.272 e. The van der Waals surface area contributed by atoms with E-state index in [9.17, 15) is 4.79 Å². The van der Waals surface area contributed by atoms with Gasteiger partial charge in [-0.1, -0.05) is 0 Å². The zero-order chi connectivity index (χ0) is 14.4. The highest BCUT2D eigenvalue weighted by Crippen LogP contribution is 2.16. The highest BCUT2D eigenvalue weighted by atomic mass is 16.5. The number of carbonyl (C=O) groups is 1. The summed E-state index contributed by atoms with van der Waals surface area (Å²) in [6.45, 7) is 1.65. The number of amides is 1. The number of nitrogens with zero attached hydrogens (tertiary/aromatic N) is 2. The van der Waals surface area contributed by atoms with E-state index in [1.54, 1.807) is 23.2 Å². The summed E-state index contributed by atoms with van der Waals surface area (Å²) in [7, 11) is 0. The number of hydrazine groups is 1. The molecule has 110 valence electrons. The first kappa shape index (κ1) is 14.7. The van der Waals surface area contributed by atoms with Gasteiger partial charge < -0.3 is 20.2 Å². The van der Waals surface area contributed by atoms with Crippen LogP contribution in [0.5, 0.6) is 0 Å². The molecule has 2 rings (SSSR count). The summed E-state index contributed by atoms with van der Waals surface area (Å²) in [6.07, 6.45) is 3.23. The summed E-state index contributed by atoms with van der Waals surface area (Å²) in [5, 5.41) is 8.72. The predicted octanol–water partition coefficient (Wildman–Crippen LogP) is -0.0193. The molecule has 1 aromatic rings. The number of hydrogen-bond donors (Lipinski definition) is 3. The number of likely N-dealkylation sites (tertiary alicyclic amines) is 1. The van der Waals surface area contributed by atoms with E-state index in [-0.39, 0.29) is 18.6 Å². The summed E-state index contributed by atoms with van der Waals surface area (Å²) in [6, 6.07) is 3.34. The van der Waals surface area contributed by atoms with Crippen LogP contribution in [0.15, 0.2) is 18.3 Å². The molecule has 0 bridgehead atoms. The van der Waals surface area contributed by atoms with Crippen LogP contribution in [0.4, 0.5) is 5.69 Å². The lowest BCUT2D eigenvalue weighted by atomic mass is 10.1. The van der Waals surface area contributed by atoms with E-state index in [2.05, 4.69) is 10.4 Å². The fourth-order valence-corrected chi connectivity index (χ4v) is 2.24. The number of anilines is 1. The van der Waals surface area contributed by atoms with Crippen molar-refractivity contribution in [3.05, 3.63) is 24.0 Å². The fourth-order valence-electron chi connectivity index (χ4n) is 2.24. The molecular weight excluding hydrogens is 260 g/mol. The van der Waals surface area contributed by atoms with Gasteiger partial charge in [0.1, 0.15) is 5.69 Å². The number of hydrogen-bond acceptors (Lipinski definition) is 6. The number of ether oxygens (including phenoxy) is 1. The topological polar surface area (TPSA) is 101 Å². The zero-order valence-electron chi connectivity index (χ0n) is 11.3. The number of aromatic nitrogens is 1. The van der Waals surface area contributed by atoms with E-state index in [1.807, 2.05) is 0 Å². The van der Waals surface area contributed by atoms with Crippen LogP contribution in [0, 0.1) is 0 Å². The highest BCUT2D eigenvalue weighted by Gasteiger charge is 2.24. The van der Waals surface area contributed by atoms with E-state index >= 15 is 0 Å². The van der Waals surface area contributed by atoms with Crippen LogP contribution in [-0.4, -0.2) is 53.3 Å². The Morgan fingerprint density at radius 1 is 1.55 bits per heavy atom. The van der Waals surface area contributed by atoms with E-state index in [1.165, 1.54) is 0 Å². The molecule has 1 amide bonds. The Morgan fingerprint density at radius 3 is 2.95 bits per heavy atom. The van der Waals surface area contributed by atoms with Gasteiger partial charge in [0, 0.05) is 19.3 Å². The summed E-state index contributed by atoms with van der Waals surface area (Å²) in [4.78, 5) is 18.1. The monoisotopic (exact) mass is 280 g/mol. The van der Waals surface area contributed by atoms with Crippen molar-refractivity contribution in [2.24, 2.45) is 5.84 Å². The van der Waals surface area contributed by atoms with Crippen LogP contribution in [0.25, 0.3) is 0 Å². The zero-order valence-corrected chi connectivity index (χ0v) is 11.3. The quantitative estimate of drug-likeness (QED) is 0.518. The number of pyridine rings is 1. The molecule has 0 radical (unpaired) electrons. The maximum atomic E-state index is 12.3. The fraction of sp³-hybridized carbons (Fsp3) is 0.538. The number of aliphatic hydroxyl groups excluding tert-OH is 1. The van der Waals surface area contributed by atoms with Gasteiger partial charge >= 0.3 is 0 Å². The van der Waals surface area contributed by atoms with Gasteiger partial charge in [-0.05, 0) is 25.0 Å². The Balaban J connectivity index is 1.91. The molecule has 1 aromatic heterocycles. The maximum absolute atomic E-state index is 12.3. The number of rotatable bonds is 5. The molecule has 7 heteroatoms. The maximum Gasteiger partial charge on any atom is 0.272 e. The second kappa shape index (κ2) is 7.18. The average Bonchev–Trinajstić information content (AvgIpc) is 2.52. The van der Waals surface area contributed by atoms with Crippen molar-refractivity contribution < 1.29 is 14.6 Å². The van der Waals surface area contributed by atoms with Crippen molar-refractivity contribution in [2.45, 2.75) is 18.9 Å². The third-order valence-corrected chi connectivity index (χ3v) is 3.32. The molecule has 0 spiro atoms. The first-order chi connectivity index (χ1) is 9.74. The van der Waals surface area contributed by atoms with E-state index < -0.39 is 0 Å². The lowest BCUT2D eigenvalue weighted by Gasteiger charge is -2.31. The van der Waals surface area contributed by atoms with Crippen LogP contribution < -0.4 is 11.3 Å². The Labute approximate surface area is 117 Å². The Kier molecular flexibility index (Phi) is 5.28. The Morgan fingerprint density at radius 2 is 2.30 bits per heavy atom. The van der Waals surface area contributed by atoms with Gasteiger partial charge in [-0.2, -0.15) is 0 Å². The molecule has 2 heterocycles. The molecule has 0 atom stereocenters. The molecule has 7 nitrogen and oxygen atoms in total. The first-order valence-electron chi connectivity index (χ1n) is 6.69. The van der Waals surface area contributed by atoms with Crippen LogP contribution >= 0.6 is 0 Å². The van der Waals surface area contributed by atoms with Crippen LogP contribution in [-0.2, 0) is 4.74 Å². The van der Waals surface area contributed by atoms with E-state index in [4.69, 9.17) is 15.7 Å². The van der Waals surface area contributed by atoms with Crippen molar-refractivity contribution in [1.82, 2.24) is 9.88 Å². The normalized spacial score (nSPS) is 16.2. The molecule has 0 aromatic carbocycles. The lowest BCUT2D eigenvalue weighted by Crippen LogP contribution is -2.41. The third kappa shape index (κ3) is 3.66. The largest absolute Gasteiger partial charge is 0.394 e. The molecule has 1 fully saturated rings. The SMILES string of the molecule is NNc1ccnc(C(=O)N2CCC(OCCO)CC2)c1. The highest BCUT2D eigenvalue weighted by molar-refractivity contribution is 5.93. The first-order valence-corrected chi connectivity index (χ1v) is 6.69. The lowest BCUT2D eigenvalue weighted by molar-refractivity contribution is -0.00564. The molecule has 1 aliphatic rings. The number of carbonyl (C=O) groups excluding carboxylic acids is 1. The molecular formula is C13H20N4O3. The van der Waals surface area contributed by atoms with Crippen molar-refractivity contribution in [3.63, 3.8) is 0 Å². The summed E-state index contributed by atoms with van der Waals surface area (Å²) < 4.78 is 5.47. The summed E-state index contributed by atoms with van der Waals surface area (Å²) in [5.74, 6) is 5.23. The number of nitrogen functional groups attached to an aromatic ring is 1. The second-order valence-electron chi connectivity index (χ2n) is 4.66. The number of nitrogens with two attached hydrogens (primary N) is 1. The number of aliphatic hydroxyl groups is 1. The van der Waals surface area contributed by atoms with Crippen molar-refractivity contribution in [2.75, 3.05) is 31.7 Å². The van der Waals surface area contributed by atoms with Crippen LogP contribution in [0.1, 0.15) is 23.3 Å². The molecule has 0 aliphatic carbocycles. The molecule has 20 heavy (non-hydrogen) atoms. The van der Waals surface area contributed by atoms with Gasteiger partial charge in [0.25, 0.3) is 5.91 Å². The molecule has 1 aliphatic heterocycles. The molecule has 0 saturated carbocycles. The van der Waals surface area contributed by atoms with E-state index in [0.717, 1.165) is 12.8 Å². The average molecular weight is 280 g/mol. The van der Waals surface area contributed by atoms with Gasteiger partial charge in [0.05, 0.1) is 25.0 Å². The standard InChI is InChI=1S/C13H20N4O3/c14-16-10-1-4-15-12(9-10)13(19)17-5-2-11(3-6-17)20-8-7-18/h1,4,9,11,18H,2-3,5-8,14H2,(H,15,16). The van der Waals surface area contributed by atoms with Gasteiger partial charge in [-0.25, -0.2) is 0 Å². The van der Waals surface area contributed by atoms with Crippen molar-refractivity contribution >= 4 is 11.6 Å². The molecule has 1 saturated heterocycles. The number of piperidine rings is 1. The minimum atomic E-state index is -0.0947. The number of nitrogens with one attached hydrogen (secondary N) is 1. The van der Waals surface area contributed by atoms with Crippen molar-refractivity contribution in [1.29, 1.82) is 0 Å². The molecule has 0 unspecified atom stereocenters. The second-order valence-corrected chi connectivity index (χ2v) is 4.66. The third-order valence-electron chi connectivity index (χ3n) is 3.32. The summed E-state index contributed by atoms with van der Waals surface area (Å²) >= 11 is 0. The predicted molar refractivity (Wildman–Crippen MR) is 74.0 cm³/mol.